The highest BCUT2D eigenvalue weighted by atomic mass is 32.2. The van der Waals surface area contributed by atoms with E-state index in [0.29, 0.717) is 10.8 Å². The zero-order chi connectivity index (χ0) is 11.9. The Bertz CT molecular complexity index is 545. The van der Waals surface area contributed by atoms with Crippen molar-refractivity contribution < 1.29 is 8.42 Å². The highest BCUT2D eigenvalue weighted by Gasteiger charge is 2.61. The fraction of sp³-hybridized carbons (Fsp3) is 0.429. The summed E-state index contributed by atoms with van der Waals surface area (Å²) in [5, 5.41) is 0. The summed E-state index contributed by atoms with van der Waals surface area (Å²) in [5.74, 6) is 0.339. The zero-order valence-corrected chi connectivity index (χ0v) is 10.5. The Morgan fingerprint density at radius 2 is 1.94 bits per heavy atom. The summed E-state index contributed by atoms with van der Waals surface area (Å²) < 4.78 is 24.7. The van der Waals surface area contributed by atoms with Crippen LogP contribution in [0.5, 0.6) is 0 Å². The predicted molar refractivity (Wildman–Crippen MR) is 67.5 cm³/mol. The van der Waals surface area contributed by atoms with Crippen molar-refractivity contribution in [2.75, 3.05) is 0 Å². The van der Waals surface area contributed by atoms with Crippen LogP contribution in [0.3, 0.4) is 0 Å². The third-order valence-electron chi connectivity index (χ3n) is 3.97. The van der Waals surface area contributed by atoms with E-state index in [1.54, 1.807) is 24.3 Å². The van der Waals surface area contributed by atoms with Crippen molar-refractivity contribution in [3.63, 3.8) is 0 Å². The standard InChI is InChI=1S/C14H16O2S/c15-17(16,13-8-4-1-5-9-13)14-10-6-2-3-7-12(14)11-14/h1,4-6,8-10,12H,2-3,7,11H2/t12-,14-/m0/s1. The molecule has 0 amide bonds. The van der Waals surface area contributed by atoms with Gasteiger partial charge in [-0.05, 0) is 43.7 Å². The molecule has 2 aliphatic rings. The lowest BCUT2D eigenvalue weighted by Gasteiger charge is -2.13. The predicted octanol–water partition coefficient (Wildman–Crippen LogP) is 2.96. The number of hydrogen-bond acceptors (Lipinski definition) is 2. The van der Waals surface area contributed by atoms with Gasteiger partial charge in [0.1, 0.15) is 0 Å². The van der Waals surface area contributed by atoms with Crippen molar-refractivity contribution in [2.24, 2.45) is 5.92 Å². The van der Waals surface area contributed by atoms with Crippen LogP contribution in [0.4, 0.5) is 0 Å². The molecule has 1 aromatic rings. The topological polar surface area (TPSA) is 34.1 Å². The maximum absolute atomic E-state index is 12.7. The third-order valence-corrected chi connectivity index (χ3v) is 6.50. The number of rotatable bonds is 2. The lowest BCUT2D eigenvalue weighted by atomic mass is 10.2. The molecule has 1 fully saturated rings. The lowest BCUT2D eigenvalue weighted by Crippen LogP contribution is -2.23. The van der Waals surface area contributed by atoms with Crippen LogP contribution in [-0.4, -0.2) is 13.2 Å². The van der Waals surface area contributed by atoms with Crippen molar-refractivity contribution in [2.45, 2.75) is 35.3 Å². The number of fused-ring (bicyclic) bond motifs is 1. The molecule has 2 aliphatic carbocycles. The molecule has 0 spiro atoms. The molecule has 0 bridgehead atoms. The van der Waals surface area contributed by atoms with E-state index in [1.807, 2.05) is 18.2 Å². The Labute approximate surface area is 102 Å². The fourth-order valence-electron chi connectivity index (χ4n) is 2.88. The maximum Gasteiger partial charge on any atom is 0.187 e. The molecule has 3 rings (SSSR count). The quantitative estimate of drug-likeness (QED) is 0.754. The second kappa shape index (κ2) is 3.70. The minimum Gasteiger partial charge on any atom is -0.223 e. The first-order valence-electron chi connectivity index (χ1n) is 6.14. The molecule has 2 atom stereocenters. The zero-order valence-electron chi connectivity index (χ0n) is 9.67. The van der Waals surface area contributed by atoms with Crippen molar-refractivity contribution >= 4 is 9.84 Å². The smallest absolute Gasteiger partial charge is 0.187 e. The summed E-state index contributed by atoms with van der Waals surface area (Å²) in [4.78, 5) is 0.467. The van der Waals surface area contributed by atoms with Crippen LogP contribution >= 0.6 is 0 Å². The minimum atomic E-state index is -3.20. The number of hydrogen-bond donors (Lipinski definition) is 0. The Balaban J connectivity index is 2.05. The van der Waals surface area contributed by atoms with Gasteiger partial charge in [0.15, 0.2) is 9.84 Å². The van der Waals surface area contributed by atoms with Gasteiger partial charge in [0.2, 0.25) is 0 Å². The van der Waals surface area contributed by atoms with E-state index in [-0.39, 0.29) is 0 Å². The monoisotopic (exact) mass is 248 g/mol. The molecule has 90 valence electrons. The normalized spacial score (nSPS) is 31.6. The number of benzene rings is 1. The van der Waals surface area contributed by atoms with Crippen LogP contribution in [0.2, 0.25) is 0 Å². The molecule has 3 heteroatoms. The first-order valence-corrected chi connectivity index (χ1v) is 7.62. The largest absolute Gasteiger partial charge is 0.223 e. The fourth-order valence-corrected chi connectivity index (χ4v) is 5.09. The molecular weight excluding hydrogens is 232 g/mol. The van der Waals surface area contributed by atoms with Crippen LogP contribution in [0.15, 0.2) is 47.4 Å². The first-order chi connectivity index (χ1) is 8.17. The average Bonchev–Trinajstić information content (AvgIpc) is 3.05. The molecular formula is C14H16O2S. The highest BCUT2D eigenvalue weighted by Crippen LogP contribution is 2.57. The molecule has 0 unspecified atom stereocenters. The Hall–Kier alpha value is -1.09. The van der Waals surface area contributed by atoms with Gasteiger partial charge in [0.05, 0.1) is 9.64 Å². The summed E-state index contributed by atoms with van der Waals surface area (Å²) in [6.45, 7) is 0. The van der Waals surface area contributed by atoms with Crippen molar-refractivity contribution in [1.29, 1.82) is 0 Å². The van der Waals surface area contributed by atoms with E-state index in [1.165, 1.54) is 0 Å². The van der Waals surface area contributed by atoms with E-state index in [2.05, 4.69) is 0 Å². The van der Waals surface area contributed by atoms with Gasteiger partial charge < -0.3 is 0 Å². The first kappa shape index (κ1) is 11.0. The van der Waals surface area contributed by atoms with Crippen molar-refractivity contribution in [3.05, 3.63) is 42.5 Å². The molecule has 1 saturated carbocycles. The molecule has 2 nitrogen and oxygen atoms in total. The summed E-state index contributed by atoms with van der Waals surface area (Å²) in [6, 6.07) is 8.85. The summed E-state index contributed by atoms with van der Waals surface area (Å²) >= 11 is 0. The van der Waals surface area contributed by atoms with Crippen LogP contribution in [0.25, 0.3) is 0 Å². The van der Waals surface area contributed by atoms with Gasteiger partial charge in [-0.1, -0.05) is 30.4 Å². The molecule has 17 heavy (non-hydrogen) atoms. The van der Waals surface area contributed by atoms with Crippen molar-refractivity contribution in [1.82, 2.24) is 0 Å². The Kier molecular flexibility index (Phi) is 2.40. The SMILES string of the molecule is O=S(=O)(c1ccccc1)[C@]12C=CCCC[C@H]1C2. The van der Waals surface area contributed by atoms with Crippen LogP contribution in [0.1, 0.15) is 25.7 Å². The summed E-state index contributed by atoms with van der Waals surface area (Å²) in [5.41, 5.74) is 0. The van der Waals surface area contributed by atoms with Gasteiger partial charge in [-0.15, -0.1) is 0 Å². The number of allylic oxidation sites excluding steroid dienone is 1. The molecule has 0 heterocycles. The van der Waals surface area contributed by atoms with Gasteiger partial charge in [-0.2, -0.15) is 0 Å². The van der Waals surface area contributed by atoms with Crippen LogP contribution < -0.4 is 0 Å². The minimum absolute atomic E-state index is 0.339. The second-order valence-electron chi connectivity index (χ2n) is 5.01. The second-order valence-corrected chi connectivity index (χ2v) is 7.24. The highest BCUT2D eigenvalue weighted by molar-refractivity contribution is 7.93. The van der Waals surface area contributed by atoms with Crippen LogP contribution in [0, 0.1) is 5.92 Å². The molecule has 0 aromatic heterocycles. The summed E-state index contributed by atoms with van der Waals surface area (Å²) in [6.07, 6.45) is 7.98. The number of sulfone groups is 1. The molecule has 1 aromatic carbocycles. The lowest BCUT2D eigenvalue weighted by molar-refractivity contribution is 0.577. The average molecular weight is 248 g/mol. The Morgan fingerprint density at radius 3 is 2.71 bits per heavy atom. The summed E-state index contributed by atoms with van der Waals surface area (Å²) in [7, 11) is -3.20. The van der Waals surface area contributed by atoms with Gasteiger partial charge in [0, 0.05) is 0 Å². The maximum atomic E-state index is 12.7. The van der Waals surface area contributed by atoms with Gasteiger partial charge in [-0.3, -0.25) is 0 Å². The molecule has 0 radical (unpaired) electrons. The van der Waals surface area contributed by atoms with Crippen LogP contribution in [-0.2, 0) is 9.84 Å². The molecule has 0 aliphatic heterocycles. The molecule has 0 saturated heterocycles. The molecule has 0 N–H and O–H groups in total. The van der Waals surface area contributed by atoms with E-state index in [4.69, 9.17) is 0 Å². The van der Waals surface area contributed by atoms with Gasteiger partial charge in [-0.25, -0.2) is 8.42 Å². The van der Waals surface area contributed by atoms with E-state index >= 15 is 0 Å². The van der Waals surface area contributed by atoms with E-state index < -0.39 is 14.6 Å². The van der Waals surface area contributed by atoms with E-state index in [0.717, 1.165) is 25.7 Å². The van der Waals surface area contributed by atoms with Crippen molar-refractivity contribution in [3.8, 4) is 0 Å². The van der Waals surface area contributed by atoms with Gasteiger partial charge in [0.25, 0.3) is 0 Å². The van der Waals surface area contributed by atoms with E-state index in [9.17, 15) is 8.42 Å². The Morgan fingerprint density at radius 1 is 1.18 bits per heavy atom. The van der Waals surface area contributed by atoms with Gasteiger partial charge >= 0.3 is 0 Å². The third kappa shape index (κ3) is 1.56.